The van der Waals surface area contributed by atoms with Crippen LogP contribution in [0.1, 0.15) is 29.3 Å². The van der Waals surface area contributed by atoms with Crippen molar-refractivity contribution in [2.45, 2.75) is 38.6 Å². The molecule has 2 aromatic carbocycles. The van der Waals surface area contributed by atoms with Crippen LogP contribution >= 0.6 is 23.1 Å². The van der Waals surface area contributed by atoms with Crippen molar-refractivity contribution in [3.63, 3.8) is 0 Å². The number of nitrogens with zero attached hydrogens (tertiary/aromatic N) is 5. The lowest BCUT2D eigenvalue weighted by Gasteiger charge is -2.23. The average molecular weight is 464 g/mol. The Bertz CT molecular complexity index is 1240. The molecule has 0 unspecified atom stereocenters. The molecular formula is C24H25N5OS2. The predicted octanol–water partition coefficient (Wildman–Crippen LogP) is 5.84. The molecule has 4 aromatic rings. The van der Waals surface area contributed by atoms with Crippen molar-refractivity contribution in [1.29, 1.82) is 0 Å². The minimum absolute atomic E-state index is 0.0468. The van der Waals surface area contributed by atoms with Crippen LogP contribution in [0.3, 0.4) is 0 Å². The van der Waals surface area contributed by atoms with E-state index in [2.05, 4.69) is 29.3 Å². The normalized spacial score (nSPS) is 11.0. The summed E-state index contributed by atoms with van der Waals surface area (Å²) in [5.41, 5.74) is 6.17. The monoisotopic (exact) mass is 463 g/mol. The molecule has 2 aromatic heterocycles. The molecule has 0 spiro atoms. The van der Waals surface area contributed by atoms with Gasteiger partial charge >= 0.3 is 0 Å². The van der Waals surface area contributed by atoms with Gasteiger partial charge in [0.25, 0.3) is 0 Å². The Hall–Kier alpha value is -2.97. The van der Waals surface area contributed by atoms with Crippen LogP contribution in [0.5, 0.6) is 0 Å². The van der Waals surface area contributed by atoms with E-state index in [0.717, 1.165) is 39.1 Å². The zero-order valence-corrected chi connectivity index (χ0v) is 20.4. The molecule has 0 N–H and O–H groups in total. The number of carbonyl (C=O) groups excluding carboxylic acids is 1. The van der Waals surface area contributed by atoms with Gasteiger partial charge in [-0.3, -0.25) is 9.69 Å². The maximum atomic E-state index is 12.6. The van der Waals surface area contributed by atoms with Gasteiger partial charge in [-0.2, -0.15) is 0 Å². The summed E-state index contributed by atoms with van der Waals surface area (Å²) in [5.74, 6) is 1.43. The number of thiazole rings is 1. The first-order chi connectivity index (χ1) is 15.3. The van der Waals surface area contributed by atoms with E-state index in [1.54, 1.807) is 23.6 Å². The Morgan fingerprint density at radius 1 is 1.09 bits per heavy atom. The molecule has 4 rings (SSSR count). The Labute approximate surface area is 196 Å². The maximum Gasteiger partial charge on any atom is 0.230 e. The van der Waals surface area contributed by atoms with E-state index in [1.165, 1.54) is 16.9 Å². The first kappa shape index (κ1) is 22.2. The summed E-state index contributed by atoms with van der Waals surface area (Å²) in [5, 5.41) is 12.2. The van der Waals surface area contributed by atoms with E-state index in [9.17, 15) is 4.79 Å². The number of anilines is 2. The van der Waals surface area contributed by atoms with E-state index in [1.807, 2.05) is 61.2 Å². The third-order valence-electron chi connectivity index (χ3n) is 5.12. The fraction of sp³-hybridized carbons (Fsp3) is 0.250. The molecule has 1 amide bonds. The van der Waals surface area contributed by atoms with Gasteiger partial charge in [0.1, 0.15) is 0 Å². The van der Waals surface area contributed by atoms with Crippen LogP contribution in [0.25, 0.3) is 11.4 Å². The summed E-state index contributed by atoms with van der Waals surface area (Å²) in [6.45, 7) is 7.72. The van der Waals surface area contributed by atoms with Gasteiger partial charge in [0.05, 0.1) is 11.4 Å². The number of aromatic nitrogens is 4. The number of hydrogen-bond donors (Lipinski definition) is 0. The van der Waals surface area contributed by atoms with Crippen LogP contribution in [0.4, 0.5) is 10.8 Å². The zero-order chi connectivity index (χ0) is 22.8. The third kappa shape index (κ3) is 4.47. The van der Waals surface area contributed by atoms with E-state index in [0.29, 0.717) is 10.9 Å². The summed E-state index contributed by atoms with van der Waals surface area (Å²) in [6.07, 6.45) is 0. The number of aryl methyl sites for hydroxylation is 3. The highest BCUT2D eigenvalue weighted by atomic mass is 32.2. The topological polar surface area (TPSA) is 63.9 Å². The fourth-order valence-electron chi connectivity index (χ4n) is 3.80. The number of benzene rings is 2. The zero-order valence-electron chi connectivity index (χ0n) is 18.8. The highest BCUT2D eigenvalue weighted by Gasteiger charge is 2.22. The van der Waals surface area contributed by atoms with E-state index >= 15 is 0 Å². The van der Waals surface area contributed by atoms with Crippen molar-refractivity contribution in [3.05, 3.63) is 70.2 Å². The Balaban J connectivity index is 1.54. The molecule has 0 bridgehead atoms. The van der Waals surface area contributed by atoms with Crippen molar-refractivity contribution in [2.24, 2.45) is 7.05 Å². The number of carbonyl (C=O) groups is 1. The minimum Gasteiger partial charge on any atom is -0.305 e. The number of amides is 1. The van der Waals surface area contributed by atoms with Crippen LogP contribution in [-0.2, 0) is 17.6 Å². The molecule has 0 aliphatic carbocycles. The lowest BCUT2D eigenvalue weighted by atomic mass is 10.0. The number of rotatable bonds is 6. The van der Waals surface area contributed by atoms with Crippen molar-refractivity contribution >= 4 is 39.8 Å². The van der Waals surface area contributed by atoms with E-state index in [-0.39, 0.29) is 5.91 Å². The molecule has 0 radical (unpaired) electrons. The molecule has 32 heavy (non-hydrogen) atoms. The lowest BCUT2D eigenvalue weighted by Crippen LogP contribution is -2.24. The minimum atomic E-state index is -0.0468. The Morgan fingerprint density at radius 2 is 1.78 bits per heavy atom. The molecule has 0 atom stereocenters. The van der Waals surface area contributed by atoms with Crippen LogP contribution in [-0.4, -0.2) is 25.7 Å². The quantitative estimate of drug-likeness (QED) is 0.336. The Morgan fingerprint density at radius 3 is 2.44 bits per heavy atom. The summed E-state index contributed by atoms with van der Waals surface area (Å²) in [6, 6.07) is 14.2. The van der Waals surface area contributed by atoms with Crippen molar-refractivity contribution in [2.75, 3.05) is 4.90 Å². The maximum absolute atomic E-state index is 12.6. The molecule has 8 heteroatoms. The number of hydrogen-bond acceptors (Lipinski definition) is 6. The lowest BCUT2D eigenvalue weighted by molar-refractivity contribution is -0.115. The molecule has 0 fully saturated rings. The SMILES string of the molecule is CC(=O)N(c1nc(CSc2nnc(-c3ccccc3)n2C)cs1)c1c(C)cc(C)cc1C. The van der Waals surface area contributed by atoms with Gasteiger partial charge in [0, 0.05) is 30.7 Å². The third-order valence-corrected chi connectivity index (χ3v) is 7.05. The van der Waals surface area contributed by atoms with Crippen molar-refractivity contribution in [3.8, 4) is 11.4 Å². The second kappa shape index (κ2) is 9.26. The van der Waals surface area contributed by atoms with Crippen molar-refractivity contribution < 1.29 is 4.79 Å². The highest BCUT2D eigenvalue weighted by Crippen LogP contribution is 2.35. The van der Waals surface area contributed by atoms with E-state index in [4.69, 9.17) is 4.98 Å². The predicted molar refractivity (Wildman–Crippen MR) is 132 cm³/mol. The molecule has 0 saturated carbocycles. The molecule has 0 aliphatic rings. The second-order valence-electron chi connectivity index (χ2n) is 7.74. The summed E-state index contributed by atoms with van der Waals surface area (Å²) < 4.78 is 1.99. The summed E-state index contributed by atoms with van der Waals surface area (Å²) >= 11 is 3.06. The van der Waals surface area contributed by atoms with Crippen LogP contribution in [0.15, 0.2) is 53.0 Å². The molecule has 0 aliphatic heterocycles. The smallest absolute Gasteiger partial charge is 0.230 e. The van der Waals surface area contributed by atoms with Gasteiger partial charge in [-0.25, -0.2) is 4.98 Å². The molecule has 164 valence electrons. The Kier molecular flexibility index (Phi) is 6.43. The average Bonchev–Trinajstić information content (AvgIpc) is 3.36. The number of thioether (sulfide) groups is 1. The van der Waals surface area contributed by atoms with E-state index < -0.39 is 0 Å². The van der Waals surface area contributed by atoms with Gasteiger partial charge in [0.15, 0.2) is 16.1 Å². The van der Waals surface area contributed by atoms with Gasteiger partial charge in [-0.1, -0.05) is 59.8 Å². The molecular weight excluding hydrogens is 438 g/mol. The van der Waals surface area contributed by atoms with Gasteiger partial charge in [0.2, 0.25) is 5.91 Å². The first-order valence-corrected chi connectivity index (χ1v) is 12.1. The van der Waals surface area contributed by atoms with Crippen LogP contribution in [0, 0.1) is 20.8 Å². The fourth-order valence-corrected chi connectivity index (χ4v) is 5.58. The standard InChI is InChI=1S/C24H25N5OS2/c1-15-11-16(2)21(17(3)12-15)29(18(4)30)23-25-20(13-31-23)14-32-24-27-26-22(28(24)5)19-9-7-6-8-10-19/h6-13H,14H2,1-5H3. The molecule has 2 heterocycles. The molecule has 6 nitrogen and oxygen atoms in total. The van der Waals surface area contributed by atoms with Gasteiger partial charge < -0.3 is 4.57 Å². The van der Waals surface area contributed by atoms with Crippen LogP contribution < -0.4 is 4.90 Å². The summed E-state index contributed by atoms with van der Waals surface area (Å²) in [7, 11) is 1.97. The van der Waals surface area contributed by atoms with Crippen molar-refractivity contribution in [1.82, 2.24) is 19.7 Å². The van der Waals surface area contributed by atoms with Gasteiger partial charge in [-0.15, -0.1) is 21.5 Å². The first-order valence-electron chi connectivity index (χ1n) is 10.3. The largest absolute Gasteiger partial charge is 0.305 e. The second-order valence-corrected chi connectivity index (χ2v) is 9.52. The van der Waals surface area contributed by atoms with Crippen LogP contribution in [0.2, 0.25) is 0 Å². The summed E-state index contributed by atoms with van der Waals surface area (Å²) in [4.78, 5) is 19.1. The van der Waals surface area contributed by atoms with Gasteiger partial charge in [-0.05, 0) is 31.9 Å². The highest BCUT2D eigenvalue weighted by molar-refractivity contribution is 7.98. The molecule has 0 saturated heterocycles.